The van der Waals surface area contributed by atoms with Crippen molar-refractivity contribution in [3.8, 4) is 6.07 Å². The smallest absolute Gasteiger partial charge is 0.321 e. The van der Waals surface area contributed by atoms with Crippen molar-refractivity contribution in [2.45, 2.75) is 120 Å². The van der Waals surface area contributed by atoms with Crippen LogP contribution in [0.1, 0.15) is 59.3 Å². The van der Waals surface area contributed by atoms with Crippen LogP contribution >= 0.6 is 0 Å². The highest BCUT2D eigenvalue weighted by Gasteiger charge is 2.55. The summed E-state index contributed by atoms with van der Waals surface area (Å²) >= 11 is 0. The molecule has 0 aromatic rings. The number of carbonyl (C=O) groups excluding carboxylic acids is 2. The van der Waals surface area contributed by atoms with E-state index in [-0.39, 0.29) is 36.3 Å². The van der Waals surface area contributed by atoms with E-state index in [9.17, 15) is 14.9 Å². The van der Waals surface area contributed by atoms with Gasteiger partial charge in [0.2, 0.25) is 5.91 Å². The van der Waals surface area contributed by atoms with Gasteiger partial charge in [-0.1, -0.05) is 0 Å². The summed E-state index contributed by atoms with van der Waals surface area (Å²) in [6.07, 6.45) is 6.27. The number of piperazine rings is 1. The van der Waals surface area contributed by atoms with Gasteiger partial charge in [-0.15, -0.1) is 0 Å². The molecule has 8 aliphatic rings. The minimum absolute atomic E-state index is 0.0126. The molecule has 1 aliphatic carbocycles. The molecule has 0 aromatic heterocycles. The summed E-state index contributed by atoms with van der Waals surface area (Å²) in [5.74, 6) is 1.07. The summed E-state index contributed by atoms with van der Waals surface area (Å²) in [5, 5.41) is 12.9. The van der Waals surface area contributed by atoms with Gasteiger partial charge in [0, 0.05) is 62.9 Å². The number of urea groups is 1. The lowest BCUT2D eigenvalue weighted by Gasteiger charge is -2.49. The average molecular weight is 540 g/mol. The number of likely N-dealkylation sites (tertiary alicyclic amines) is 3. The van der Waals surface area contributed by atoms with Crippen LogP contribution in [0.5, 0.6) is 0 Å². The van der Waals surface area contributed by atoms with Crippen LogP contribution in [0, 0.1) is 17.2 Å². The molecule has 2 bridgehead atoms. The number of ether oxygens (including phenoxy) is 1. The van der Waals surface area contributed by atoms with E-state index in [2.05, 4.69) is 46.9 Å². The summed E-state index contributed by atoms with van der Waals surface area (Å²) in [5.41, 5.74) is 0. The second-order valence-electron chi connectivity index (χ2n) is 13.5. The van der Waals surface area contributed by atoms with Crippen LogP contribution in [0.25, 0.3) is 0 Å². The molecule has 9 atom stereocenters. The van der Waals surface area contributed by atoms with Crippen molar-refractivity contribution in [3.05, 3.63) is 0 Å². The topological polar surface area (TPSA) is 105 Å². The minimum atomic E-state index is -0.293. The molecule has 0 aromatic carbocycles. The van der Waals surface area contributed by atoms with Crippen LogP contribution in [0.4, 0.5) is 4.79 Å². The number of carbonyl (C=O) groups is 2. The molecule has 8 rings (SSSR count). The molecular weight excluding hydrogens is 494 g/mol. The maximum atomic E-state index is 13.6. The number of rotatable bonds is 6. The number of nitrogens with one attached hydrogen (secondary N) is 1. The monoisotopic (exact) mass is 539 g/mol. The zero-order valence-electron chi connectivity index (χ0n) is 23.7. The first-order valence-electron chi connectivity index (χ1n) is 15.5. The van der Waals surface area contributed by atoms with Gasteiger partial charge in [-0.3, -0.25) is 19.9 Å². The summed E-state index contributed by atoms with van der Waals surface area (Å²) < 4.78 is 6.60. The SMILES string of the molecule is CC(C)N1CC2C(CC(C)N3CCC4C3CCN4C(=O)[C@@H]3N[C@H]3C3CC3)OCC1CN2C(=O)N1CC[C@H]1C#N. The fourth-order valence-corrected chi connectivity index (χ4v) is 8.47. The van der Waals surface area contributed by atoms with Gasteiger partial charge in [-0.25, -0.2) is 4.79 Å². The number of nitriles is 1. The Bertz CT molecular complexity index is 1030. The molecule has 7 saturated heterocycles. The van der Waals surface area contributed by atoms with E-state index in [0.29, 0.717) is 55.8 Å². The molecule has 1 saturated carbocycles. The van der Waals surface area contributed by atoms with E-state index in [1.54, 1.807) is 4.90 Å². The van der Waals surface area contributed by atoms with Crippen LogP contribution in [0.15, 0.2) is 0 Å². The largest absolute Gasteiger partial charge is 0.374 e. The van der Waals surface area contributed by atoms with E-state index >= 15 is 0 Å². The highest BCUT2D eigenvalue weighted by atomic mass is 16.5. The fourth-order valence-electron chi connectivity index (χ4n) is 8.47. The number of hydrogen-bond donors (Lipinski definition) is 1. The quantitative estimate of drug-likeness (QED) is 0.504. The van der Waals surface area contributed by atoms with Gasteiger partial charge in [0.25, 0.3) is 0 Å². The van der Waals surface area contributed by atoms with Gasteiger partial charge in [0.05, 0.1) is 30.9 Å². The van der Waals surface area contributed by atoms with Crippen molar-refractivity contribution < 1.29 is 14.3 Å². The van der Waals surface area contributed by atoms with E-state index in [1.807, 2.05) is 4.90 Å². The van der Waals surface area contributed by atoms with Gasteiger partial charge in [-0.05, 0) is 65.2 Å². The normalized spacial score (nSPS) is 40.8. The van der Waals surface area contributed by atoms with E-state index in [1.165, 1.54) is 12.8 Å². The van der Waals surface area contributed by atoms with E-state index in [0.717, 1.165) is 51.2 Å². The van der Waals surface area contributed by atoms with Gasteiger partial charge in [0.1, 0.15) is 12.1 Å². The van der Waals surface area contributed by atoms with Gasteiger partial charge < -0.3 is 19.4 Å². The van der Waals surface area contributed by atoms with Crippen LogP contribution in [-0.2, 0) is 9.53 Å². The highest BCUT2D eigenvalue weighted by Crippen LogP contribution is 2.42. The molecule has 10 heteroatoms. The first-order chi connectivity index (χ1) is 18.9. The Morgan fingerprint density at radius 2 is 1.69 bits per heavy atom. The lowest BCUT2D eigenvalue weighted by atomic mass is 9.96. The van der Waals surface area contributed by atoms with E-state index in [4.69, 9.17) is 4.74 Å². The highest BCUT2D eigenvalue weighted by molar-refractivity contribution is 5.86. The number of fused-ring (bicyclic) bond motifs is 5. The molecular formula is C29H45N7O3. The predicted octanol–water partition coefficient (Wildman–Crippen LogP) is 1.07. The molecule has 7 aliphatic heterocycles. The molecule has 0 radical (unpaired) electrons. The van der Waals surface area contributed by atoms with Crippen LogP contribution in [0.2, 0.25) is 0 Å². The molecule has 7 heterocycles. The fraction of sp³-hybridized carbons (Fsp3) is 0.897. The van der Waals surface area contributed by atoms with Crippen molar-refractivity contribution in [1.29, 1.82) is 5.26 Å². The van der Waals surface area contributed by atoms with Crippen molar-refractivity contribution in [1.82, 2.24) is 29.8 Å². The standard InChI is InChI=1S/C29H45N7O3/c1-17(2)35-15-24-25(39-16-21(35)14-36(24)29(38)33-9-6-20(33)13-30)12-18(3)32-10-7-23-22(32)8-11-34(23)28(37)27-26(31-27)19-4-5-19/h17-27,31H,4-12,14-16H2,1-3H3/t18?,20-,21?,22?,23?,24?,25?,26-,27+/m0/s1. The summed E-state index contributed by atoms with van der Waals surface area (Å²) in [6, 6.07) is 4.15. The molecule has 8 fully saturated rings. The number of hydrogen-bond acceptors (Lipinski definition) is 7. The molecule has 1 N–H and O–H groups in total. The average Bonchev–Trinajstić information content (AvgIpc) is 3.80. The summed E-state index contributed by atoms with van der Waals surface area (Å²) in [4.78, 5) is 38.0. The lowest BCUT2D eigenvalue weighted by molar-refractivity contribution is -0.131. The van der Waals surface area contributed by atoms with Crippen molar-refractivity contribution in [2.24, 2.45) is 5.92 Å². The van der Waals surface area contributed by atoms with Crippen LogP contribution in [-0.4, -0.2) is 136 Å². The Kier molecular flexibility index (Phi) is 6.57. The van der Waals surface area contributed by atoms with Crippen LogP contribution < -0.4 is 5.32 Å². The van der Waals surface area contributed by atoms with Gasteiger partial charge in [-0.2, -0.15) is 5.26 Å². The Morgan fingerprint density at radius 1 is 0.923 bits per heavy atom. The molecule has 10 nitrogen and oxygen atoms in total. The second kappa shape index (κ2) is 9.86. The second-order valence-corrected chi connectivity index (χ2v) is 13.5. The Labute approximate surface area is 232 Å². The first kappa shape index (κ1) is 26.0. The zero-order valence-corrected chi connectivity index (χ0v) is 23.7. The lowest BCUT2D eigenvalue weighted by Crippen LogP contribution is -2.66. The van der Waals surface area contributed by atoms with Crippen molar-refractivity contribution in [3.63, 3.8) is 0 Å². The van der Waals surface area contributed by atoms with Gasteiger partial charge >= 0.3 is 6.03 Å². The van der Waals surface area contributed by atoms with Crippen LogP contribution in [0.3, 0.4) is 0 Å². The molecule has 0 spiro atoms. The molecule has 39 heavy (non-hydrogen) atoms. The molecule has 6 unspecified atom stereocenters. The number of amides is 3. The van der Waals surface area contributed by atoms with Crippen molar-refractivity contribution in [2.75, 3.05) is 39.3 Å². The zero-order chi connectivity index (χ0) is 27.0. The minimum Gasteiger partial charge on any atom is -0.374 e. The number of nitrogens with zero attached hydrogens (tertiary/aromatic N) is 6. The Morgan fingerprint density at radius 3 is 2.38 bits per heavy atom. The summed E-state index contributed by atoms with van der Waals surface area (Å²) in [7, 11) is 0. The Balaban J connectivity index is 1.02. The molecule has 214 valence electrons. The maximum absolute atomic E-state index is 13.6. The third-order valence-corrected chi connectivity index (χ3v) is 11.0. The van der Waals surface area contributed by atoms with Gasteiger partial charge in [0.15, 0.2) is 0 Å². The predicted molar refractivity (Wildman–Crippen MR) is 145 cm³/mol. The maximum Gasteiger partial charge on any atom is 0.321 e. The Hall–Kier alpha value is -1.93. The molecule has 3 amide bonds. The van der Waals surface area contributed by atoms with E-state index < -0.39 is 0 Å². The third kappa shape index (κ3) is 4.44. The van der Waals surface area contributed by atoms with Crippen molar-refractivity contribution >= 4 is 11.9 Å². The third-order valence-electron chi connectivity index (χ3n) is 11.0. The summed E-state index contributed by atoms with van der Waals surface area (Å²) in [6.45, 7) is 11.5. The first-order valence-corrected chi connectivity index (χ1v) is 15.5.